The summed E-state index contributed by atoms with van der Waals surface area (Å²) >= 11 is 0. The largest absolute Gasteiger partial charge is 0.394 e. The summed E-state index contributed by atoms with van der Waals surface area (Å²) in [5.41, 5.74) is 3.38. The molecule has 0 saturated carbocycles. The highest BCUT2D eigenvalue weighted by molar-refractivity contribution is 6.11. The lowest BCUT2D eigenvalue weighted by Gasteiger charge is -2.29. The van der Waals surface area contributed by atoms with Crippen molar-refractivity contribution in [3.8, 4) is 0 Å². The predicted molar refractivity (Wildman–Crippen MR) is 66.6 cm³/mol. The molecule has 5 atom stereocenters. The molecule has 0 radical (unpaired) electrons. The fourth-order valence-electron chi connectivity index (χ4n) is 1.16. The van der Waals surface area contributed by atoms with Crippen LogP contribution in [-0.2, 0) is 9.59 Å². The first-order chi connectivity index (χ1) is 8.07. The Kier molecular flexibility index (Phi) is 8.56. The van der Waals surface area contributed by atoms with E-state index in [0.717, 1.165) is 13.8 Å². The van der Waals surface area contributed by atoms with Gasteiger partial charge in [-0.2, -0.15) is 0 Å². The highest BCUT2D eigenvalue weighted by Crippen LogP contribution is 2.12. The minimum atomic E-state index is -2.15. The molecule has 7 N–H and O–H groups in total. The van der Waals surface area contributed by atoms with Gasteiger partial charge in [0.1, 0.15) is 30.0 Å². The number of nitrogens with two attached hydrogens (primary N) is 1. The molecule has 114 valence electrons. The molecule has 0 aromatic rings. The van der Waals surface area contributed by atoms with E-state index in [9.17, 15) is 24.9 Å². The Morgan fingerprint density at radius 2 is 1.58 bits per heavy atom. The molecule has 19 heavy (non-hydrogen) atoms. The van der Waals surface area contributed by atoms with Crippen LogP contribution in [0.4, 0.5) is 0 Å². The standard InChI is InChI=1S/C10H19NO7.ClH/c1-4(13)10(2,11)9(18)8(17)7(16)6(15)5(14)3-12;/h5-8,12,14-17H,3,11H2,1-2H3;1H/t5-,6-,7+,8-,10?;/m1./s1. The van der Waals surface area contributed by atoms with Crippen molar-refractivity contribution in [2.45, 2.75) is 43.8 Å². The van der Waals surface area contributed by atoms with Gasteiger partial charge in [0.25, 0.3) is 0 Å². The molecule has 0 aromatic carbocycles. The SMILES string of the molecule is CC(=O)C(C)(N)C(=O)[C@H](O)[C@@H](O)[C@H](O)[C@H](O)CO.Cl. The summed E-state index contributed by atoms with van der Waals surface area (Å²) in [4.78, 5) is 22.8. The Balaban J connectivity index is 0. The Morgan fingerprint density at radius 1 is 1.16 bits per heavy atom. The molecule has 0 fully saturated rings. The molecule has 8 nitrogen and oxygen atoms in total. The maximum absolute atomic E-state index is 11.7. The number of carbonyl (C=O) groups excluding carboxylic acids is 2. The van der Waals surface area contributed by atoms with Crippen molar-refractivity contribution in [1.82, 2.24) is 0 Å². The van der Waals surface area contributed by atoms with Crippen molar-refractivity contribution in [2.24, 2.45) is 5.73 Å². The molecule has 0 aliphatic rings. The number of ketones is 2. The van der Waals surface area contributed by atoms with E-state index < -0.39 is 48.1 Å². The van der Waals surface area contributed by atoms with Crippen LogP contribution < -0.4 is 5.73 Å². The van der Waals surface area contributed by atoms with Gasteiger partial charge in [0, 0.05) is 0 Å². The molecule has 0 amide bonds. The normalized spacial score (nSPS) is 20.4. The van der Waals surface area contributed by atoms with Crippen LogP contribution in [0.15, 0.2) is 0 Å². The minimum absolute atomic E-state index is 0. The number of Topliss-reactive ketones (excluding diaryl/α,β-unsaturated/α-hetero) is 2. The second-order valence-electron chi connectivity index (χ2n) is 4.30. The van der Waals surface area contributed by atoms with Crippen LogP contribution in [-0.4, -0.2) is 73.7 Å². The number of aliphatic hydroxyl groups is 5. The first-order valence-electron chi connectivity index (χ1n) is 5.24. The van der Waals surface area contributed by atoms with Crippen molar-refractivity contribution < 1.29 is 35.1 Å². The quantitative estimate of drug-likeness (QED) is 0.267. The zero-order chi connectivity index (χ0) is 14.7. The number of rotatable bonds is 7. The lowest BCUT2D eigenvalue weighted by Crippen LogP contribution is -2.60. The molecule has 0 aliphatic carbocycles. The number of hydrogen-bond donors (Lipinski definition) is 6. The van der Waals surface area contributed by atoms with Gasteiger partial charge in [-0.15, -0.1) is 12.4 Å². The van der Waals surface area contributed by atoms with Crippen LogP contribution in [0.25, 0.3) is 0 Å². The minimum Gasteiger partial charge on any atom is -0.394 e. The fraction of sp³-hybridized carbons (Fsp3) is 0.800. The molecule has 0 aliphatic heterocycles. The molecule has 0 rings (SSSR count). The zero-order valence-corrected chi connectivity index (χ0v) is 11.4. The van der Waals surface area contributed by atoms with Crippen LogP contribution in [0, 0.1) is 0 Å². The van der Waals surface area contributed by atoms with Gasteiger partial charge in [-0.3, -0.25) is 9.59 Å². The number of aliphatic hydroxyl groups excluding tert-OH is 5. The zero-order valence-electron chi connectivity index (χ0n) is 10.6. The summed E-state index contributed by atoms with van der Waals surface area (Å²) in [6.45, 7) is 1.23. The van der Waals surface area contributed by atoms with E-state index in [1.807, 2.05) is 0 Å². The number of carbonyl (C=O) groups is 2. The highest BCUT2D eigenvalue weighted by atomic mass is 35.5. The van der Waals surface area contributed by atoms with E-state index in [1.54, 1.807) is 0 Å². The third-order valence-electron chi connectivity index (χ3n) is 2.77. The van der Waals surface area contributed by atoms with E-state index in [2.05, 4.69) is 0 Å². The van der Waals surface area contributed by atoms with E-state index in [1.165, 1.54) is 0 Å². The second kappa shape index (κ2) is 7.85. The molecular weight excluding hydrogens is 282 g/mol. The van der Waals surface area contributed by atoms with Crippen molar-refractivity contribution in [3.63, 3.8) is 0 Å². The fourth-order valence-corrected chi connectivity index (χ4v) is 1.16. The van der Waals surface area contributed by atoms with Gasteiger partial charge >= 0.3 is 0 Å². The first-order valence-corrected chi connectivity index (χ1v) is 5.24. The number of halogens is 1. The number of hydrogen-bond acceptors (Lipinski definition) is 8. The summed E-state index contributed by atoms with van der Waals surface area (Å²) in [6.07, 6.45) is -7.90. The molecule has 9 heteroatoms. The van der Waals surface area contributed by atoms with Gasteiger partial charge in [0.15, 0.2) is 11.6 Å². The van der Waals surface area contributed by atoms with Gasteiger partial charge in [-0.1, -0.05) is 0 Å². The predicted octanol–water partition coefficient (Wildman–Crippen LogP) is -3.28. The van der Waals surface area contributed by atoms with Gasteiger partial charge in [0.05, 0.1) is 6.61 Å². The van der Waals surface area contributed by atoms with Crippen molar-refractivity contribution in [2.75, 3.05) is 6.61 Å². The molecule has 0 spiro atoms. The lowest BCUT2D eigenvalue weighted by atomic mass is 9.86. The maximum atomic E-state index is 11.7. The van der Waals surface area contributed by atoms with Gasteiger partial charge in [-0.05, 0) is 13.8 Å². The second-order valence-corrected chi connectivity index (χ2v) is 4.30. The lowest BCUT2D eigenvalue weighted by molar-refractivity contribution is -0.153. The summed E-state index contributed by atoms with van der Waals surface area (Å²) in [6, 6.07) is 0. The van der Waals surface area contributed by atoms with Crippen molar-refractivity contribution in [1.29, 1.82) is 0 Å². The van der Waals surface area contributed by atoms with Crippen LogP contribution in [0.5, 0.6) is 0 Å². The molecule has 0 heterocycles. The summed E-state index contributed by atoms with van der Waals surface area (Å²) in [5, 5.41) is 45.9. The average molecular weight is 302 g/mol. The van der Waals surface area contributed by atoms with Gasteiger partial charge in [0.2, 0.25) is 0 Å². The van der Waals surface area contributed by atoms with Crippen LogP contribution in [0.3, 0.4) is 0 Å². The molecule has 0 saturated heterocycles. The van der Waals surface area contributed by atoms with Crippen LogP contribution >= 0.6 is 12.4 Å². The first kappa shape index (κ1) is 20.7. The highest BCUT2D eigenvalue weighted by Gasteiger charge is 2.43. The van der Waals surface area contributed by atoms with Crippen molar-refractivity contribution in [3.05, 3.63) is 0 Å². The van der Waals surface area contributed by atoms with Crippen molar-refractivity contribution >= 4 is 24.0 Å². The Labute approximate surface area is 116 Å². The Hall–Kier alpha value is -0.610. The Bertz CT molecular complexity index is 323. The summed E-state index contributed by atoms with van der Waals surface area (Å²) in [7, 11) is 0. The van der Waals surface area contributed by atoms with E-state index >= 15 is 0 Å². The van der Waals surface area contributed by atoms with Gasteiger partial charge < -0.3 is 31.3 Å². The van der Waals surface area contributed by atoms with E-state index in [-0.39, 0.29) is 12.4 Å². The third-order valence-corrected chi connectivity index (χ3v) is 2.77. The topological polar surface area (TPSA) is 161 Å². The maximum Gasteiger partial charge on any atom is 0.191 e. The third kappa shape index (κ3) is 4.77. The van der Waals surface area contributed by atoms with E-state index in [0.29, 0.717) is 0 Å². The summed E-state index contributed by atoms with van der Waals surface area (Å²) < 4.78 is 0. The molecule has 0 aromatic heterocycles. The van der Waals surface area contributed by atoms with Gasteiger partial charge in [-0.25, -0.2) is 0 Å². The van der Waals surface area contributed by atoms with Crippen LogP contribution in [0.1, 0.15) is 13.8 Å². The van der Waals surface area contributed by atoms with Crippen LogP contribution in [0.2, 0.25) is 0 Å². The summed E-state index contributed by atoms with van der Waals surface area (Å²) in [5.74, 6) is -1.91. The molecular formula is C10H20ClNO7. The Morgan fingerprint density at radius 3 is 1.89 bits per heavy atom. The smallest absolute Gasteiger partial charge is 0.191 e. The molecule has 1 unspecified atom stereocenters. The average Bonchev–Trinajstić information content (AvgIpc) is 2.33. The monoisotopic (exact) mass is 301 g/mol. The van der Waals surface area contributed by atoms with E-state index in [4.69, 9.17) is 15.9 Å². The molecule has 0 bridgehead atoms.